The maximum atomic E-state index is 12.3. The van der Waals surface area contributed by atoms with Gasteiger partial charge in [0.15, 0.2) is 0 Å². The minimum absolute atomic E-state index is 0.104. The van der Waals surface area contributed by atoms with Crippen molar-refractivity contribution in [1.82, 2.24) is 10.6 Å². The van der Waals surface area contributed by atoms with E-state index in [-0.39, 0.29) is 6.61 Å². The van der Waals surface area contributed by atoms with E-state index in [2.05, 4.69) is 10.4 Å². The Labute approximate surface area is 150 Å². The van der Waals surface area contributed by atoms with E-state index in [1.54, 1.807) is 30.3 Å². The third-order valence-corrected chi connectivity index (χ3v) is 3.44. The molecular weight excluding hydrogens is 348 g/mol. The van der Waals surface area contributed by atoms with Crippen molar-refractivity contribution in [3.05, 3.63) is 35.9 Å². The number of carboxylic acids is 2. The minimum Gasteiger partial charge on any atom is -0.481 e. The highest BCUT2D eigenvalue weighted by atomic mass is 16.5. The fraction of sp³-hybridized carbons (Fsp3) is 0.375. The van der Waals surface area contributed by atoms with Crippen molar-refractivity contribution in [1.29, 1.82) is 1.43 Å². The van der Waals surface area contributed by atoms with E-state index in [0.717, 1.165) is 0 Å². The lowest BCUT2D eigenvalue weighted by Gasteiger charge is -2.23. The third-order valence-electron chi connectivity index (χ3n) is 3.44. The van der Waals surface area contributed by atoms with E-state index >= 15 is 0 Å². The fourth-order valence-electron chi connectivity index (χ4n) is 1.89. The Morgan fingerprint density at radius 2 is 1.81 bits per heavy atom. The molecule has 2 amide bonds. The van der Waals surface area contributed by atoms with Crippen LogP contribution in [-0.2, 0) is 25.7 Å². The lowest BCUT2D eigenvalue weighted by atomic mass is 10.0. The van der Waals surface area contributed by atoms with Gasteiger partial charge in [-0.1, -0.05) is 30.3 Å². The second kappa shape index (κ2) is 9.99. The fourth-order valence-corrected chi connectivity index (χ4v) is 1.89. The van der Waals surface area contributed by atoms with Crippen LogP contribution in [0.5, 0.6) is 0 Å². The molecule has 0 aliphatic carbocycles. The number of carbonyl (C=O) groups is 4. The Kier molecular flexibility index (Phi) is 7.37. The molecule has 0 saturated heterocycles. The van der Waals surface area contributed by atoms with Crippen molar-refractivity contribution in [2.24, 2.45) is 5.92 Å². The summed E-state index contributed by atoms with van der Waals surface area (Å²) in [7, 11) is 0. The minimum atomic E-state index is -1.64. The molecule has 1 unspecified atom stereocenters. The van der Waals surface area contributed by atoms with Crippen molar-refractivity contribution in [2.45, 2.75) is 25.6 Å². The summed E-state index contributed by atoms with van der Waals surface area (Å²) in [5.74, 6) is -5.02. The van der Waals surface area contributed by atoms with Crippen molar-refractivity contribution >= 4 is 23.9 Å². The zero-order valence-electron chi connectivity index (χ0n) is 14.9. The van der Waals surface area contributed by atoms with Crippen molar-refractivity contribution in [3.63, 3.8) is 0 Å². The first kappa shape index (κ1) is 19.2. The number of carboxylic acid groups (broad SMARTS) is 2. The molecule has 3 atom stereocenters. The summed E-state index contributed by atoms with van der Waals surface area (Å²) in [6.45, 7) is 0.198. The molecule has 0 aliphatic heterocycles. The van der Waals surface area contributed by atoms with Crippen molar-refractivity contribution in [3.8, 4) is 0 Å². The first-order chi connectivity index (χ1) is 12.8. The second-order valence-electron chi connectivity index (χ2n) is 5.37. The van der Waals surface area contributed by atoms with E-state index in [1.165, 1.54) is 6.92 Å². The van der Waals surface area contributed by atoms with Crippen LogP contribution in [0.3, 0.4) is 0 Å². The number of hydrogen-bond acceptors (Lipinski definition) is 7. The summed E-state index contributed by atoms with van der Waals surface area (Å²) in [5.41, 5.74) is 0.679. The number of benzene rings is 1. The molecule has 0 saturated carbocycles. The highest BCUT2D eigenvalue weighted by Crippen LogP contribution is 2.06. The Balaban J connectivity index is 2.81. The highest BCUT2D eigenvalue weighted by Gasteiger charge is 2.34. The van der Waals surface area contributed by atoms with E-state index in [1.807, 2.05) is 5.32 Å². The quantitative estimate of drug-likeness (QED) is 0.391. The first-order valence-electron chi connectivity index (χ1n) is 7.99. The molecule has 26 heavy (non-hydrogen) atoms. The number of amides is 2. The van der Waals surface area contributed by atoms with Gasteiger partial charge in [0.25, 0.3) is 1.43 Å². The number of aliphatic hydroxyl groups is 1. The van der Waals surface area contributed by atoms with Gasteiger partial charge in [-0.2, -0.15) is 0 Å². The zero-order valence-corrected chi connectivity index (χ0v) is 13.9. The van der Waals surface area contributed by atoms with Crippen LogP contribution in [0.15, 0.2) is 30.3 Å². The van der Waals surface area contributed by atoms with Crippen LogP contribution in [0.4, 0.5) is 4.79 Å². The van der Waals surface area contributed by atoms with E-state index in [9.17, 15) is 19.2 Å². The van der Waals surface area contributed by atoms with Gasteiger partial charge in [-0.3, -0.25) is 9.59 Å². The second-order valence-corrected chi connectivity index (χ2v) is 5.37. The summed E-state index contributed by atoms with van der Waals surface area (Å²) in [4.78, 5) is 46.7. The van der Waals surface area contributed by atoms with Gasteiger partial charge in [-0.05, 0) is 12.5 Å². The standard InChI is InChI=1S/C16H20N2O8/c1-9(14(21)22)12(13(20)17-11(7-19)15(23)24)18-16(25)26-8-10-5-3-2-4-6-10/h2-6,9,11-12,19H,7-8H2,1H3,(H,17,20)(H,18,25)(H,21,22)(H,23,24)/t9?,11-,12-/m0/s1/i/hD. The van der Waals surface area contributed by atoms with Gasteiger partial charge >= 0.3 is 18.0 Å². The molecule has 0 aromatic heterocycles. The molecule has 0 radical (unpaired) electrons. The summed E-state index contributed by atoms with van der Waals surface area (Å²) >= 11 is 0. The van der Waals surface area contributed by atoms with Crippen molar-refractivity contribution in [2.75, 3.05) is 6.61 Å². The average molecular weight is 369 g/mol. The topological polar surface area (TPSA) is 162 Å². The lowest BCUT2D eigenvalue weighted by molar-refractivity contribution is -0.146. The number of nitrogens with one attached hydrogen (secondary N) is 2. The van der Waals surface area contributed by atoms with Gasteiger partial charge in [0, 0.05) is 0 Å². The first-order valence-corrected chi connectivity index (χ1v) is 7.58. The van der Waals surface area contributed by atoms with Crippen LogP contribution in [0.25, 0.3) is 1.43 Å². The van der Waals surface area contributed by atoms with Gasteiger partial charge in [0.1, 0.15) is 18.7 Å². The number of ether oxygens (including phenoxy) is 1. The molecule has 10 nitrogen and oxygen atoms in total. The van der Waals surface area contributed by atoms with E-state index in [0.29, 0.717) is 5.56 Å². The van der Waals surface area contributed by atoms with Crippen LogP contribution < -0.4 is 10.6 Å². The lowest BCUT2D eigenvalue weighted by Crippen LogP contribution is -2.56. The highest BCUT2D eigenvalue weighted by molar-refractivity contribution is 5.92. The number of aliphatic carboxylic acids is 2. The molecule has 0 heterocycles. The number of rotatable bonds is 9. The number of alkyl carbamates (subject to hydrolysis) is 1. The predicted octanol–water partition coefficient (Wildman–Crippen LogP) is -0.436. The third kappa shape index (κ3) is 6.40. The molecule has 5 N–H and O–H groups in total. The predicted molar refractivity (Wildman–Crippen MR) is 87.0 cm³/mol. The summed E-state index contributed by atoms with van der Waals surface area (Å²) in [6.07, 6.45) is -1.04. The number of aliphatic hydroxyl groups excluding tert-OH is 1. The van der Waals surface area contributed by atoms with E-state index < -0.39 is 48.5 Å². The van der Waals surface area contributed by atoms with Gasteiger partial charge in [-0.25, -0.2) is 9.59 Å². The largest absolute Gasteiger partial charge is 0.481 e. The van der Waals surface area contributed by atoms with Crippen LogP contribution in [0.2, 0.25) is 0 Å². The van der Waals surface area contributed by atoms with Gasteiger partial charge in [-0.15, -0.1) is 0 Å². The van der Waals surface area contributed by atoms with Gasteiger partial charge in [0.05, 0.1) is 12.5 Å². The van der Waals surface area contributed by atoms with Gasteiger partial charge < -0.3 is 30.7 Å². The molecule has 0 spiro atoms. The normalized spacial score (nSPS) is 14.2. The average Bonchev–Trinajstić information content (AvgIpc) is 2.67. The van der Waals surface area contributed by atoms with E-state index in [4.69, 9.17) is 16.4 Å². The molecule has 142 valence electrons. The van der Waals surface area contributed by atoms with Crippen molar-refractivity contribution < 1.29 is 39.2 Å². The molecule has 1 rings (SSSR count). The summed E-state index contributed by atoms with van der Waals surface area (Å²) < 4.78 is 11.6. The maximum Gasteiger partial charge on any atom is 0.408 e. The number of hydrogen-bond donors (Lipinski definition) is 5. The Bertz CT molecular complexity index is 670. The molecule has 1 aromatic rings. The van der Waals surface area contributed by atoms with Crippen LogP contribution in [0, 0.1) is 5.92 Å². The molecule has 0 aliphatic rings. The molecule has 0 bridgehead atoms. The summed E-state index contributed by atoms with van der Waals surface area (Å²) in [6, 6.07) is 5.44. The maximum absolute atomic E-state index is 12.3. The smallest absolute Gasteiger partial charge is 0.408 e. The molecular formula is C16H20N2O8. The van der Waals surface area contributed by atoms with Gasteiger partial charge in [0.2, 0.25) is 5.91 Å². The summed E-state index contributed by atoms with van der Waals surface area (Å²) in [5, 5.41) is 25.8. The Hall–Kier alpha value is -3.14. The number of carbonyl (C=O) groups excluding carboxylic acids is 2. The monoisotopic (exact) mass is 369 g/mol. The van der Waals surface area contributed by atoms with Crippen LogP contribution in [-0.4, -0.2) is 58.0 Å². The van der Waals surface area contributed by atoms with Crippen LogP contribution in [0.1, 0.15) is 12.5 Å². The van der Waals surface area contributed by atoms with Crippen LogP contribution >= 0.6 is 0 Å². The Morgan fingerprint density at radius 1 is 1.15 bits per heavy atom. The zero-order chi connectivity index (χ0) is 20.4. The SMILES string of the molecule is [2H]OC(=O)C(C)[C@H](NC(=O)OCc1ccccc1)C(=O)N[C@@H](CO)C(=O)O. The molecule has 10 heteroatoms. The molecule has 1 aromatic carbocycles. The molecule has 0 fully saturated rings. The Morgan fingerprint density at radius 3 is 2.35 bits per heavy atom.